The minimum absolute atomic E-state index is 0.0336. The number of Topliss-reactive ketones (excluding diaryl/α,β-unsaturated/α-hetero) is 1. The Morgan fingerprint density at radius 2 is 2.40 bits per heavy atom. The largest absolute Gasteiger partial charge is 0.293 e. The Bertz CT molecular complexity index is 246. The topological polar surface area (TPSA) is 17.1 Å². The van der Waals surface area contributed by atoms with E-state index in [0.29, 0.717) is 15.9 Å². The molecule has 4 heteroatoms. The number of carbonyl (C=O) groups is 1. The molecule has 0 N–H and O–H groups in total. The standard InChI is InChI=1S/C6H4BrClOS/c7-1-6(9)4-2-10-3-5(4)8/h2-3H,1H2. The highest BCUT2D eigenvalue weighted by molar-refractivity contribution is 9.09. The van der Waals surface area contributed by atoms with Crippen molar-refractivity contribution in [1.29, 1.82) is 0 Å². The Labute approximate surface area is 76.1 Å². The van der Waals surface area contributed by atoms with E-state index >= 15 is 0 Å². The second-order valence-corrected chi connectivity index (χ2v) is 3.40. The molecule has 0 atom stereocenters. The molecule has 0 aliphatic rings. The van der Waals surface area contributed by atoms with E-state index in [1.165, 1.54) is 11.3 Å². The number of ketones is 1. The molecule has 0 aromatic carbocycles. The first-order chi connectivity index (χ1) is 4.75. The monoisotopic (exact) mass is 238 g/mol. The maximum atomic E-state index is 11.0. The summed E-state index contributed by atoms with van der Waals surface area (Å²) in [4.78, 5) is 11.0. The van der Waals surface area contributed by atoms with Gasteiger partial charge in [0.2, 0.25) is 0 Å². The number of carbonyl (C=O) groups excluding carboxylic acids is 1. The fraction of sp³-hybridized carbons (Fsp3) is 0.167. The smallest absolute Gasteiger partial charge is 0.175 e. The number of rotatable bonds is 2. The Kier molecular flexibility index (Phi) is 2.89. The lowest BCUT2D eigenvalue weighted by Crippen LogP contribution is -1.97. The van der Waals surface area contributed by atoms with Crippen molar-refractivity contribution < 1.29 is 4.79 Å². The summed E-state index contributed by atoms with van der Waals surface area (Å²) in [7, 11) is 0. The number of hydrogen-bond acceptors (Lipinski definition) is 2. The van der Waals surface area contributed by atoms with Crippen LogP contribution in [0.5, 0.6) is 0 Å². The van der Waals surface area contributed by atoms with Crippen LogP contribution in [0, 0.1) is 0 Å². The first-order valence-electron chi connectivity index (χ1n) is 2.56. The fourth-order valence-electron chi connectivity index (χ4n) is 0.552. The highest BCUT2D eigenvalue weighted by Crippen LogP contribution is 2.21. The van der Waals surface area contributed by atoms with Crippen LogP contribution >= 0.6 is 38.9 Å². The Hall–Kier alpha value is 0.140. The molecule has 1 aromatic rings. The van der Waals surface area contributed by atoms with E-state index in [1.807, 2.05) is 0 Å². The molecule has 1 nitrogen and oxygen atoms in total. The van der Waals surface area contributed by atoms with Crippen molar-refractivity contribution in [3.63, 3.8) is 0 Å². The molecule has 54 valence electrons. The van der Waals surface area contributed by atoms with Crippen LogP contribution in [0.15, 0.2) is 10.8 Å². The van der Waals surface area contributed by atoms with Crippen molar-refractivity contribution in [2.75, 3.05) is 5.33 Å². The molecule has 0 saturated heterocycles. The van der Waals surface area contributed by atoms with Gasteiger partial charge in [0.05, 0.1) is 10.4 Å². The fourth-order valence-corrected chi connectivity index (χ4v) is 1.94. The third-order valence-electron chi connectivity index (χ3n) is 1.04. The third kappa shape index (κ3) is 1.59. The zero-order valence-electron chi connectivity index (χ0n) is 4.93. The molecule has 10 heavy (non-hydrogen) atoms. The van der Waals surface area contributed by atoms with Crippen LogP contribution in [-0.4, -0.2) is 11.1 Å². The van der Waals surface area contributed by atoms with Crippen LogP contribution in [-0.2, 0) is 0 Å². The van der Waals surface area contributed by atoms with Crippen molar-refractivity contribution >= 4 is 44.7 Å². The predicted molar refractivity (Wildman–Crippen MR) is 47.5 cm³/mol. The molecule has 0 unspecified atom stereocenters. The van der Waals surface area contributed by atoms with Gasteiger partial charge in [-0.2, -0.15) is 11.3 Å². The maximum Gasteiger partial charge on any atom is 0.175 e. The molecule has 0 saturated carbocycles. The molecule has 0 aliphatic heterocycles. The van der Waals surface area contributed by atoms with E-state index < -0.39 is 0 Å². The number of alkyl halides is 1. The molecule has 0 radical (unpaired) electrons. The van der Waals surface area contributed by atoms with E-state index in [4.69, 9.17) is 11.6 Å². The number of hydrogen-bond donors (Lipinski definition) is 0. The van der Waals surface area contributed by atoms with E-state index in [-0.39, 0.29) is 5.78 Å². The van der Waals surface area contributed by atoms with Gasteiger partial charge in [-0.15, -0.1) is 0 Å². The quantitative estimate of drug-likeness (QED) is 0.573. The highest BCUT2D eigenvalue weighted by atomic mass is 79.9. The Morgan fingerprint density at radius 1 is 1.70 bits per heavy atom. The number of halogens is 2. The van der Waals surface area contributed by atoms with E-state index in [2.05, 4.69) is 15.9 Å². The van der Waals surface area contributed by atoms with Crippen molar-refractivity contribution in [1.82, 2.24) is 0 Å². The summed E-state index contributed by atoms with van der Waals surface area (Å²) in [6.07, 6.45) is 0. The van der Waals surface area contributed by atoms with Gasteiger partial charge in [0.15, 0.2) is 5.78 Å². The molecular formula is C6H4BrClOS. The van der Waals surface area contributed by atoms with Crippen LogP contribution in [0.25, 0.3) is 0 Å². The summed E-state index contributed by atoms with van der Waals surface area (Å²) >= 11 is 10.2. The van der Waals surface area contributed by atoms with Gasteiger partial charge in [-0.25, -0.2) is 0 Å². The third-order valence-corrected chi connectivity index (χ3v) is 2.73. The second kappa shape index (κ2) is 3.51. The summed E-state index contributed by atoms with van der Waals surface area (Å²) in [5.74, 6) is 0.0336. The van der Waals surface area contributed by atoms with E-state index in [1.54, 1.807) is 10.8 Å². The van der Waals surface area contributed by atoms with Gasteiger partial charge in [-0.3, -0.25) is 4.79 Å². The maximum absolute atomic E-state index is 11.0. The van der Waals surface area contributed by atoms with Crippen LogP contribution in [0.1, 0.15) is 10.4 Å². The van der Waals surface area contributed by atoms with Crippen molar-refractivity contribution in [3.05, 3.63) is 21.3 Å². The number of thiophene rings is 1. The molecule has 0 amide bonds. The van der Waals surface area contributed by atoms with Gasteiger partial charge in [0.25, 0.3) is 0 Å². The van der Waals surface area contributed by atoms with Crippen molar-refractivity contribution in [2.45, 2.75) is 0 Å². The van der Waals surface area contributed by atoms with Crippen molar-refractivity contribution in [2.24, 2.45) is 0 Å². The van der Waals surface area contributed by atoms with Gasteiger partial charge in [-0.1, -0.05) is 27.5 Å². The SMILES string of the molecule is O=C(CBr)c1cscc1Cl. The lowest BCUT2D eigenvalue weighted by molar-refractivity contribution is 0.102. The lowest BCUT2D eigenvalue weighted by atomic mass is 10.2. The molecule has 1 heterocycles. The lowest BCUT2D eigenvalue weighted by Gasteiger charge is -1.89. The summed E-state index contributed by atoms with van der Waals surface area (Å²) < 4.78 is 0. The van der Waals surface area contributed by atoms with Gasteiger partial charge in [0.1, 0.15) is 0 Å². The zero-order chi connectivity index (χ0) is 7.56. The minimum Gasteiger partial charge on any atom is -0.293 e. The van der Waals surface area contributed by atoms with Gasteiger partial charge < -0.3 is 0 Å². The molecule has 0 bridgehead atoms. The zero-order valence-corrected chi connectivity index (χ0v) is 8.09. The van der Waals surface area contributed by atoms with Crippen molar-refractivity contribution in [3.8, 4) is 0 Å². The molecule has 0 aliphatic carbocycles. The normalized spacial score (nSPS) is 9.80. The molecule has 1 aromatic heterocycles. The second-order valence-electron chi connectivity index (χ2n) is 1.69. The highest BCUT2D eigenvalue weighted by Gasteiger charge is 2.08. The summed E-state index contributed by atoms with van der Waals surface area (Å²) in [6, 6.07) is 0. The summed E-state index contributed by atoms with van der Waals surface area (Å²) in [5, 5.41) is 4.39. The van der Waals surface area contributed by atoms with Crippen LogP contribution in [0.3, 0.4) is 0 Å². The van der Waals surface area contributed by atoms with Gasteiger partial charge in [-0.05, 0) is 0 Å². The Morgan fingerprint density at radius 3 is 2.80 bits per heavy atom. The van der Waals surface area contributed by atoms with Crippen LogP contribution in [0.4, 0.5) is 0 Å². The molecular weight excluding hydrogens is 235 g/mol. The summed E-state index contributed by atoms with van der Waals surface area (Å²) in [5.41, 5.74) is 0.614. The molecule has 0 spiro atoms. The van der Waals surface area contributed by atoms with Crippen LogP contribution in [0.2, 0.25) is 5.02 Å². The van der Waals surface area contributed by atoms with Crippen LogP contribution < -0.4 is 0 Å². The van der Waals surface area contributed by atoms with Gasteiger partial charge in [0, 0.05) is 16.3 Å². The van der Waals surface area contributed by atoms with E-state index in [9.17, 15) is 4.79 Å². The minimum atomic E-state index is 0.0336. The van der Waals surface area contributed by atoms with Gasteiger partial charge >= 0.3 is 0 Å². The predicted octanol–water partition coefficient (Wildman–Crippen LogP) is 2.98. The molecule has 1 rings (SSSR count). The average Bonchev–Trinajstić information content (AvgIpc) is 2.34. The molecule has 0 fully saturated rings. The first-order valence-corrected chi connectivity index (χ1v) is 5.00. The van der Waals surface area contributed by atoms with E-state index in [0.717, 1.165) is 0 Å². The average molecular weight is 240 g/mol. The first kappa shape index (κ1) is 8.24. The Balaban J connectivity index is 2.93. The summed E-state index contributed by atoms with van der Waals surface area (Å²) in [6.45, 7) is 0.